The first kappa shape index (κ1) is 21.7. The fraction of sp³-hybridized carbons (Fsp3) is 0.857. The van der Waals surface area contributed by atoms with E-state index in [1.54, 1.807) is 0 Å². The molecule has 3 saturated carbocycles. The summed E-state index contributed by atoms with van der Waals surface area (Å²) in [6.45, 7) is 14.5. The summed E-state index contributed by atoms with van der Waals surface area (Å²) in [5.74, 6) is 4.33. The van der Waals surface area contributed by atoms with Gasteiger partial charge in [-0.1, -0.05) is 44.1 Å². The lowest BCUT2D eigenvalue weighted by molar-refractivity contribution is -0.0553. The Labute approximate surface area is 181 Å². The van der Waals surface area contributed by atoms with Gasteiger partial charge in [0.25, 0.3) is 0 Å². The number of rotatable bonds is 4. The zero-order valence-electron chi connectivity index (χ0n) is 20.2. The summed E-state index contributed by atoms with van der Waals surface area (Å²) in [6, 6.07) is 0. The third-order valence-electron chi connectivity index (χ3n) is 10.4. The van der Waals surface area contributed by atoms with E-state index in [0.29, 0.717) is 16.7 Å². The number of hydrogen-bond donors (Lipinski definition) is 1. The van der Waals surface area contributed by atoms with Crippen molar-refractivity contribution in [3.05, 3.63) is 23.3 Å². The van der Waals surface area contributed by atoms with Gasteiger partial charge in [0.1, 0.15) is 0 Å². The van der Waals surface area contributed by atoms with Crippen molar-refractivity contribution in [2.24, 2.45) is 46.2 Å². The second-order valence-corrected chi connectivity index (χ2v) is 12.6. The van der Waals surface area contributed by atoms with Crippen molar-refractivity contribution in [2.75, 3.05) is 0 Å². The lowest BCUT2D eigenvalue weighted by Crippen LogP contribution is -2.55. The Kier molecular flexibility index (Phi) is 5.63. The molecule has 1 heteroatoms. The molecule has 0 heterocycles. The number of nitrogens with two attached hydrogens (primary N) is 1. The quantitative estimate of drug-likeness (QED) is 0.484. The molecule has 1 nitrogen and oxygen atoms in total. The fourth-order valence-corrected chi connectivity index (χ4v) is 8.77. The van der Waals surface area contributed by atoms with E-state index < -0.39 is 0 Å². The highest BCUT2D eigenvalue weighted by Crippen LogP contribution is 2.67. The van der Waals surface area contributed by atoms with Crippen LogP contribution in [0.4, 0.5) is 0 Å². The molecule has 0 bridgehead atoms. The average Bonchev–Trinajstić information content (AvgIpc) is 3.00. The summed E-state index contributed by atoms with van der Waals surface area (Å²) < 4.78 is 0. The molecule has 0 aromatic carbocycles. The fourth-order valence-electron chi connectivity index (χ4n) is 8.77. The Balaban J connectivity index is 1.55. The first-order chi connectivity index (χ1) is 13.6. The van der Waals surface area contributed by atoms with Crippen LogP contribution in [0.3, 0.4) is 0 Å². The minimum atomic E-state index is -0.0257. The molecular formula is C28H47N. The molecule has 0 spiro atoms. The number of hydrogen-bond acceptors (Lipinski definition) is 1. The molecule has 0 aliphatic heterocycles. The Morgan fingerprint density at radius 3 is 2.62 bits per heavy atom. The largest absolute Gasteiger partial charge is 0.325 e. The standard InChI is InChI=1S/C28H47N/c1-19(2)8-7-15-28(6,29)25-12-11-23-22-10-9-21-18-20(3)13-16-26(21,4)24(22)14-17-27(23,25)5/h8-9,20,22-25H,7,10-18,29H2,1-6H3/t20?,22?,23?,24?,25-,26?,27?,28?/m0/s1. The highest BCUT2D eigenvalue weighted by Gasteiger charge is 2.60. The SMILES string of the molecule is CC(C)=CCCC(C)(N)[C@H]1CCC2C3CC=C4CC(C)CCC4(C)C3CCC21C. The predicted octanol–water partition coefficient (Wildman–Crippen LogP) is 7.67. The van der Waals surface area contributed by atoms with Crippen molar-refractivity contribution in [3.63, 3.8) is 0 Å². The van der Waals surface area contributed by atoms with Gasteiger partial charge in [-0.05, 0) is 125 Å². The maximum Gasteiger partial charge on any atom is 0.0162 e. The summed E-state index contributed by atoms with van der Waals surface area (Å²) in [6.07, 6.45) is 18.6. The Hall–Kier alpha value is -0.560. The van der Waals surface area contributed by atoms with Gasteiger partial charge in [-0.2, -0.15) is 0 Å². The van der Waals surface area contributed by atoms with Crippen LogP contribution in [0.2, 0.25) is 0 Å². The summed E-state index contributed by atoms with van der Waals surface area (Å²) in [5.41, 5.74) is 11.3. The molecule has 7 unspecified atom stereocenters. The molecule has 0 radical (unpaired) electrons. The third kappa shape index (κ3) is 3.58. The zero-order valence-corrected chi connectivity index (χ0v) is 20.2. The third-order valence-corrected chi connectivity index (χ3v) is 10.4. The van der Waals surface area contributed by atoms with Gasteiger partial charge >= 0.3 is 0 Å². The van der Waals surface area contributed by atoms with Gasteiger partial charge in [0, 0.05) is 5.54 Å². The van der Waals surface area contributed by atoms with Crippen molar-refractivity contribution in [2.45, 2.75) is 111 Å². The average molecular weight is 398 g/mol. The first-order valence-electron chi connectivity index (χ1n) is 12.7. The van der Waals surface area contributed by atoms with Crippen LogP contribution < -0.4 is 5.73 Å². The molecule has 4 aliphatic carbocycles. The van der Waals surface area contributed by atoms with Gasteiger partial charge in [0.2, 0.25) is 0 Å². The smallest absolute Gasteiger partial charge is 0.0162 e. The van der Waals surface area contributed by atoms with Crippen LogP contribution in [-0.2, 0) is 0 Å². The molecule has 8 atom stereocenters. The molecule has 0 aromatic heterocycles. The van der Waals surface area contributed by atoms with E-state index in [0.717, 1.165) is 36.5 Å². The molecule has 0 saturated heterocycles. The van der Waals surface area contributed by atoms with Crippen molar-refractivity contribution in [1.29, 1.82) is 0 Å². The van der Waals surface area contributed by atoms with Gasteiger partial charge in [-0.15, -0.1) is 0 Å². The Morgan fingerprint density at radius 1 is 1.14 bits per heavy atom. The monoisotopic (exact) mass is 397 g/mol. The topological polar surface area (TPSA) is 26.0 Å². The summed E-state index contributed by atoms with van der Waals surface area (Å²) in [5, 5.41) is 0. The van der Waals surface area contributed by atoms with Crippen molar-refractivity contribution in [1.82, 2.24) is 0 Å². The van der Waals surface area contributed by atoms with Gasteiger partial charge in [-0.3, -0.25) is 0 Å². The number of fused-ring (bicyclic) bond motifs is 5. The van der Waals surface area contributed by atoms with Crippen LogP contribution >= 0.6 is 0 Å². The van der Waals surface area contributed by atoms with Crippen molar-refractivity contribution in [3.8, 4) is 0 Å². The maximum atomic E-state index is 7.07. The summed E-state index contributed by atoms with van der Waals surface area (Å²) >= 11 is 0. The highest BCUT2D eigenvalue weighted by molar-refractivity contribution is 5.25. The van der Waals surface area contributed by atoms with E-state index in [2.05, 4.69) is 53.7 Å². The van der Waals surface area contributed by atoms with Crippen LogP contribution in [0.5, 0.6) is 0 Å². The van der Waals surface area contributed by atoms with Crippen LogP contribution in [-0.4, -0.2) is 5.54 Å². The Morgan fingerprint density at radius 2 is 1.90 bits per heavy atom. The van der Waals surface area contributed by atoms with Gasteiger partial charge in [0.15, 0.2) is 0 Å². The van der Waals surface area contributed by atoms with E-state index in [1.165, 1.54) is 56.9 Å². The van der Waals surface area contributed by atoms with Gasteiger partial charge in [-0.25, -0.2) is 0 Å². The zero-order chi connectivity index (χ0) is 21.0. The van der Waals surface area contributed by atoms with Crippen LogP contribution in [0, 0.1) is 40.4 Å². The van der Waals surface area contributed by atoms with Crippen LogP contribution in [0.25, 0.3) is 0 Å². The molecule has 4 rings (SSSR count). The predicted molar refractivity (Wildman–Crippen MR) is 126 cm³/mol. The van der Waals surface area contributed by atoms with Crippen LogP contribution in [0.1, 0.15) is 106 Å². The van der Waals surface area contributed by atoms with Gasteiger partial charge in [0.05, 0.1) is 0 Å². The van der Waals surface area contributed by atoms with E-state index in [-0.39, 0.29) is 5.54 Å². The highest BCUT2D eigenvalue weighted by atomic mass is 14.8. The second kappa shape index (κ2) is 7.54. The molecule has 4 aliphatic rings. The molecule has 29 heavy (non-hydrogen) atoms. The Bertz CT molecular complexity index is 680. The molecule has 164 valence electrons. The van der Waals surface area contributed by atoms with E-state index in [4.69, 9.17) is 5.73 Å². The molecule has 0 aromatic rings. The normalized spacial score (nSPS) is 46.0. The molecule has 3 fully saturated rings. The maximum absolute atomic E-state index is 7.07. The molecular weight excluding hydrogens is 350 g/mol. The molecule has 0 amide bonds. The lowest BCUT2D eigenvalue weighted by Gasteiger charge is -2.59. The summed E-state index contributed by atoms with van der Waals surface area (Å²) in [7, 11) is 0. The molecule has 2 N–H and O–H groups in total. The van der Waals surface area contributed by atoms with E-state index in [1.807, 2.05) is 5.57 Å². The van der Waals surface area contributed by atoms with Crippen molar-refractivity contribution < 1.29 is 0 Å². The minimum absolute atomic E-state index is 0.0257. The number of allylic oxidation sites excluding steroid dienone is 4. The first-order valence-corrected chi connectivity index (χ1v) is 12.7. The van der Waals surface area contributed by atoms with E-state index >= 15 is 0 Å². The van der Waals surface area contributed by atoms with Crippen LogP contribution in [0.15, 0.2) is 23.3 Å². The van der Waals surface area contributed by atoms with Crippen molar-refractivity contribution >= 4 is 0 Å². The minimum Gasteiger partial charge on any atom is -0.325 e. The van der Waals surface area contributed by atoms with Gasteiger partial charge < -0.3 is 5.73 Å². The summed E-state index contributed by atoms with van der Waals surface area (Å²) in [4.78, 5) is 0. The lowest BCUT2D eigenvalue weighted by atomic mass is 9.46. The van der Waals surface area contributed by atoms with E-state index in [9.17, 15) is 0 Å². The second-order valence-electron chi connectivity index (χ2n) is 12.6.